The van der Waals surface area contributed by atoms with E-state index in [-0.39, 0.29) is 10.8 Å². The molecule has 0 saturated heterocycles. The maximum absolute atomic E-state index is 12.8. The molecule has 2 aromatic carbocycles. The van der Waals surface area contributed by atoms with Crippen molar-refractivity contribution in [2.45, 2.75) is 37.6 Å². The number of nitrogens with zero attached hydrogens (tertiary/aromatic N) is 1. The lowest BCUT2D eigenvalue weighted by Gasteiger charge is -2.29. The van der Waals surface area contributed by atoms with E-state index in [1.54, 1.807) is 48.2 Å². The van der Waals surface area contributed by atoms with Crippen molar-refractivity contribution >= 4 is 33.2 Å². The van der Waals surface area contributed by atoms with Crippen molar-refractivity contribution in [3.8, 4) is 0 Å². The van der Waals surface area contributed by atoms with Crippen LogP contribution in [0.2, 0.25) is 5.02 Å². The lowest BCUT2D eigenvalue weighted by molar-refractivity contribution is -0.116. The van der Waals surface area contributed by atoms with Crippen LogP contribution in [0, 0.1) is 0 Å². The fourth-order valence-corrected chi connectivity index (χ4v) is 4.83. The molecule has 0 unspecified atom stereocenters. The molecule has 7 heteroatoms. The van der Waals surface area contributed by atoms with Crippen LogP contribution in [0.25, 0.3) is 0 Å². The van der Waals surface area contributed by atoms with Gasteiger partial charge < -0.3 is 4.90 Å². The molecule has 0 saturated carbocycles. The predicted molar refractivity (Wildman–Crippen MR) is 103 cm³/mol. The minimum Gasteiger partial charge on any atom is -0.312 e. The molecule has 0 bridgehead atoms. The van der Waals surface area contributed by atoms with Crippen LogP contribution in [0.15, 0.2) is 47.4 Å². The first-order chi connectivity index (χ1) is 12.3. The van der Waals surface area contributed by atoms with Gasteiger partial charge in [-0.1, -0.05) is 29.8 Å². The van der Waals surface area contributed by atoms with E-state index in [0.717, 1.165) is 29.7 Å². The van der Waals surface area contributed by atoms with Gasteiger partial charge in [-0.25, -0.2) is 13.1 Å². The van der Waals surface area contributed by atoms with E-state index >= 15 is 0 Å². The summed E-state index contributed by atoms with van der Waals surface area (Å²) in [4.78, 5) is 13.6. The highest BCUT2D eigenvalue weighted by Gasteiger charge is 2.24. The summed E-state index contributed by atoms with van der Waals surface area (Å²) in [5, 5.41) is 0.519. The maximum atomic E-state index is 12.8. The van der Waals surface area contributed by atoms with Crippen LogP contribution in [0.1, 0.15) is 37.4 Å². The molecule has 1 heterocycles. The van der Waals surface area contributed by atoms with E-state index in [1.807, 2.05) is 6.07 Å². The Morgan fingerprint density at radius 2 is 1.96 bits per heavy atom. The molecule has 0 fully saturated rings. The number of benzene rings is 2. The minimum atomic E-state index is -3.71. The molecule has 0 aromatic heterocycles. The monoisotopic (exact) mass is 392 g/mol. The third-order valence-corrected chi connectivity index (χ3v) is 6.45. The number of carbonyl (C=O) groups is 1. The normalized spacial score (nSPS) is 15.4. The summed E-state index contributed by atoms with van der Waals surface area (Å²) in [6.07, 6.45) is 1.57. The summed E-state index contributed by atoms with van der Waals surface area (Å²) in [5.74, 6) is -0.0352. The Bertz CT molecular complexity index is 944. The summed E-state index contributed by atoms with van der Waals surface area (Å²) in [6.45, 7) is 3.94. The first-order valence-corrected chi connectivity index (χ1v) is 10.3. The second kappa shape index (κ2) is 7.39. The number of nitrogens with one attached hydrogen (secondary N) is 1. The first-order valence-electron chi connectivity index (χ1n) is 8.47. The average molecular weight is 393 g/mol. The third-order valence-electron chi connectivity index (χ3n) is 4.56. The molecule has 5 nitrogen and oxygen atoms in total. The zero-order valence-electron chi connectivity index (χ0n) is 14.7. The van der Waals surface area contributed by atoms with Crippen LogP contribution in [-0.4, -0.2) is 20.9 Å². The van der Waals surface area contributed by atoms with Gasteiger partial charge in [0.25, 0.3) is 0 Å². The number of aryl methyl sites for hydroxylation is 1. The van der Waals surface area contributed by atoms with Crippen LogP contribution in [-0.2, 0) is 21.2 Å². The van der Waals surface area contributed by atoms with Crippen LogP contribution in [0.5, 0.6) is 0 Å². The van der Waals surface area contributed by atoms with Crippen LogP contribution < -0.4 is 9.62 Å². The number of fused-ring (bicyclic) bond motifs is 1. The molecule has 138 valence electrons. The maximum Gasteiger partial charge on any atom is 0.241 e. The molecule has 1 N–H and O–H groups in total. The van der Waals surface area contributed by atoms with Crippen LogP contribution in [0.4, 0.5) is 5.69 Å². The number of rotatable bonds is 4. The van der Waals surface area contributed by atoms with Crippen molar-refractivity contribution in [3.63, 3.8) is 0 Å². The number of hydrogen-bond donors (Lipinski definition) is 1. The van der Waals surface area contributed by atoms with Crippen molar-refractivity contribution in [2.75, 3.05) is 11.4 Å². The van der Waals surface area contributed by atoms with Crippen LogP contribution in [0.3, 0.4) is 0 Å². The van der Waals surface area contributed by atoms with Gasteiger partial charge in [-0.15, -0.1) is 0 Å². The van der Waals surface area contributed by atoms with Crippen LogP contribution >= 0.6 is 11.6 Å². The molecule has 1 aliphatic rings. The molecule has 3 rings (SSSR count). The van der Waals surface area contributed by atoms with Crippen molar-refractivity contribution in [1.29, 1.82) is 0 Å². The second-order valence-corrected chi connectivity index (χ2v) is 8.55. The molecule has 1 amide bonds. The van der Waals surface area contributed by atoms with Gasteiger partial charge in [0.15, 0.2) is 0 Å². The Hall–Kier alpha value is -1.89. The Labute approximate surface area is 159 Å². The Morgan fingerprint density at radius 3 is 2.65 bits per heavy atom. The fraction of sp³-hybridized carbons (Fsp3) is 0.316. The zero-order chi connectivity index (χ0) is 18.9. The van der Waals surface area contributed by atoms with Gasteiger partial charge in [-0.05, 0) is 55.2 Å². The van der Waals surface area contributed by atoms with Crippen molar-refractivity contribution < 1.29 is 13.2 Å². The molecule has 26 heavy (non-hydrogen) atoms. The van der Waals surface area contributed by atoms with Gasteiger partial charge in [0.1, 0.15) is 0 Å². The quantitative estimate of drug-likeness (QED) is 0.863. The summed E-state index contributed by atoms with van der Waals surface area (Å²) < 4.78 is 28.3. The van der Waals surface area contributed by atoms with Gasteiger partial charge in [0.2, 0.25) is 15.9 Å². The van der Waals surface area contributed by atoms with Crippen molar-refractivity contribution in [3.05, 3.63) is 58.6 Å². The summed E-state index contributed by atoms with van der Waals surface area (Å²) in [7, 11) is -3.71. The van der Waals surface area contributed by atoms with Gasteiger partial charge >= 0.3 is 0 Å². The van der Waals surface area contributed by atoms with Crippen molar-refractivity contribution in [1.82, 2.24) is 4.72 Å². The molecular formula is C19H21ClN2O3S. The molecule has 2 aromatic rings. The molecular weight excluding hydrogens is 372 g/mol. The largest absolute Gasteiger partial charge is 0.312 e. The Kier molecular flexibility index (Phi) is 5.37. The fourth-order valence-electron chi connectivity index (χ4n) is 3.26. The zero-order valence-corrected chi connectivity index (χ0v) is 16.3. The van der Waals surface area contributed by atoms with E-state index in [2.05, 4.69) is 4.72 Å². The standard InChI is InChI=1S/C19H21ClN2O3S/c1-13(17-7-3-4-8-18(17)20)21-26(24,25)16-9-10-19-15(12-16)6-5-11-22(19)14(2)23/h3-4,7-10,12-13,21H,5-6,11H2,1-2H3/t13-/m1/s1. The highest BCUT2D eigenvalue weighted by Crippen LogP contribution is 2.30. The summed E-state index contributed by atoms with van der Waals surface area (Å²) in [6, 6.07) is 11.6. The average Bonchev–Trinajstić information content (AvgIpc) is 2.60. The molecule has 0 spiro atoms. The van der Waals surface area contributed by atoms with Gasteiger partial charge in [0, 0.05) is 30.2 Å². The lowest BCUT2D eigenvalue weighted by atomic mass is 10.0. The van der Waals surface area contributed by atoms with E-state index < -0.39 is 16.1 Å². The predicted octanol–water partition coefficient (Wildman–Crippen LogP) is 3.68. The Balaban J connectivity index is 1.88. The molecule has 0 aliphatic carbocycles. The van der Waals surface area contributed by atoms with E-state index in [4.69, 9.17) is 11.6 Å². The van der Waals surface area contributed by atoms with Gasteiger partial charge in [-0.2, -0.15) is 0 Å². The lowest BCUT2D eigenvalue weighted by Crippen LogP contribution is -2.34. The SMILES string of the molecule is CC(=O)N1CCCc2cc(S(=O)(=O)N[C@H](C)c3ccccc3Cl)ccc21. The topological polar surface area (TPSA) is 66.5 Å². The molecule has 0 radical (unpaired) electrons. The number of anilines is 1. The van der Waals surface area contributed by atoms with Crippen molar-refractivity contribution in [2.24, 2.45) is 0 Å². The minimum absolute atomic E-state index is 0.0352. The molecule has 1 aliphatic heterocycles. The number of carbonyl (C=O) groups excluding carboxylic acids is 1. The number of amides is 1. The van der Waals surface area contributed by atoms with Gasteiger partial charge in [0.05, 0.1) is 4.90 Å². The first kappa shape index (κ1) is 18.9. The number of sulfonamides is 1. The summed E-state index contributed by atoms with van der Waals surface area (Å²) >= 11 is 6.16. The summed E-state index contributed by atoms with van der Waals surface area (Å²) in [5.41, 5.74) is 2.39. The number of hydrogen-bond acceptors (Lipinski definition) is 3. The highest BCUT2D eigenvalue weighted by molar-refractivity contribution is 7.89. The Morgan fingerprint density at radius 1 is 1.23 bits per heavy atom. The van der Waals surface area contributed by atoms with E-state index in [1.165, 1.54) is 6.92 Å². The highest BCUT2D eigenvalue weighted by atomic mass is 35.5. The third kappa shape index (κ3) is 3.77. The van der Waals surface area contributed by atoms with E-state index in [0.29, 0.717) is 11.6 Å². The second-order valence-electron chi connectivity index (χ2n) is 6.43. The van der Waals surface area contributed by atoms with Gasteiger partial charge in [-0.3, -0.25) is 4.79 Å². The van der Waals surface area contributed by atoms with E-state index in [9.17, 15) is 13.2 Å². The molecule has 1 atom stereocenters. The number of halogens is 1. The smallest absolute Gasteiger partial charge is 0.241 e.